The molecule has 2 fully saturated rings. The Balaban J connectivity index is 1.24. The Hall–Kier alpha value is -4.60. The first-order valence-electron chi connectivity index (χ1n) is 13.9. The lowest BCUT2D eigenvalue weighted by Crippen LogP contribution is -2.34. The zero-order valence-electron chi connectivity index (χ0n) is 22.3. The number of amides is 1. The molecule has 6 rings (SSSR count). The van der Waals surface area contributed by atoms with E-state index in [9.17, 15) is 15.0 Å². The number of carbonyl (C=O) groups is 1. The number of hydrogen-bond acceptors (Lipinski definition) is 9. The van der Waals surface area contributed by atoms with Crippen LogP contribution in [0.15, 0.2) is 54.6 Å². The fraction of sp³-hybridized carbons (Fsp3) is 0.333. The molecule has 3 aromatic carbocycles. The number of anilines is 5. The molecule has 1 amide bonds. The first kappa shape index (κ1) is 25.7. The maximum atomic E-state index is 13.1. The minimum atomic E-state index is -0.514. The van der Waals surface area contributed by atoms with Crippen LogP contribution in [-0.4, -0.2) is 57.3 Å². The summed E-state index contributed by atoms with van der Waals surface area (Å²) in [6, 6.07) is 15.5. The number of benzene rings is 3. The van der Waals surface area contributed by atoms with Crippen LogP contribution in [0.25, 0.3) is 10.8 Å². The average Bonchev–Trinajstić information content (AvgIpc) is 2.99. The quantitative estimate of drug-likeness (QED) is 0.238. The van der Waals surface area contributed by atoms with Crippen molar-refractivity contribution in [2.24, 2.45) is 0 Å². The number of phenols is 2. The molecule has 0 radical (unpaired) electrons. The van der Waals surface area contributed by atoms with Gasteiger partial charge in [-0.25, -0.2) is 0 Å². The number of rotatable bonds is 6. The average molecular weight is 540 g/mol. The van der Waals surface area contributed by atoms with Crippen molar-refractivity contribution in [3.05, 3.63) is 60.2 Å². The second kappa shape index (κ2) is 11.3. The lowest BCUT2D eigenvalue weighted by atomic mass is 10.0. The van der Waals surface area contributed by atoms with Crippen LogP contribution in [0, 0.1) is 0 Å². The first-order chi connectivity index (χ1) is 19.5. The van der Waals surface area contributed by atoms with E-state index in [1.165, 1.54) is 25.0 Å². The lowest BCUT2D eigenvalue weighted by molar-refractivity contribution is 0.102. The number of nitrogens with zero attached hydrogens (tertiary/aromatic N) is 5. The van der Waals surface area contributed by atoms with E-state index in [1.54, 1.807) is 24.3 Å². The summed E-state index contributed by atoms with van der Waals surface area (Å²) in [5, 5.41) is 28.6. The molecule has 4 aromatic rings. The molecule has 0 bridgehead atoms. The second-order valence-corrected chi connectivity index (χ2v) is 10.3. The monoisotopic (exact) mass is 539 g/mol. The molecule has 0 atom stereocenters. The molecule has 0 aliphatic carbocycles. The Labute approximate surface area is 232 Å². The largest absolute Gasteiger partial charge is 0.507 e. The molecular weight excluding hydrogens is 506 g/mol. The van der Waals surface area contributed by atoms with Crippen LogP contribution < -0.4 is 20.4 Å². The molecular formula is C30H33N7O3. The van der Waals surface area contributed by atoms with Crippen molar-refractivity contribution < 1.29 is 15.0 Å². The van der Waals surface area contributed by atoms with Crippen LogP contribution in [0.5, 0.6) is 11.5 Å². The van der Waals surface area contributed by atoms with Gasteiger partial charge in [0.2, 0.25) is 17.8 Å². The van der Waals surface area contributed by atoms with Gasteiger partial charge in [0.1, 0.15) is 11.5 Å². The number of aromatic hydroxyl groups is 2. The molecule has 2 saturated heterocycles. The van der Waals surface area contributed by atoms with Gasteiger partial charge in [0.15, 0.2) is 0 Å². The number of carbonyl (C=O) groups excluding carboxylic acids is 1. The van der Waals surface area contributed by atoms with E-state index in [2.05, 4.69) is 20.4 Å². The summed E-state index contributed by atoms with van der Waals surface area (Å²) in [7, 11) is 0. The van der Waals surface area contributed by atoms with Gasteiger partial charge in [-0.15, -0.1) is 0 Å². The van der Waals surface area contributed by atoms with Crippen LogP contribution in [-0.2, 0) is 0 Å². The zero-order valence-corrected chi connectivity index (χ0v) is 22.3. The molecule has 1 aromatic heterocycles. The Kier molecular flexibility index (Phi) is 7.22. The van der Waals surface area contributed by atoms with Crippen LogP contribution in [0.2, 0.25) is 0 Å². The van der Waals surface area contributed by atoms with Crippen molar-refractivity contribution in [1.82, 2.24) is 15.0 Å². The molecule has 0 saturated carbocycles. The molecule has 10 nitrogen and oxygen atoms in total. The SMILES string of the molecule is O=C(Nc1ccc(Nc2nc(N3CCCCC3)nc(N3CCCCC3)n2)cc1O)c1c(O)ccc2ccccc12. The van der Waals surface area contributed by atoms with Crippen LogP contribution in [0.1, 0.15) is 48.9 Å². The Bertz CT molecular complexity index is 1500. The molecule has 2 aliphatic heterocycles. The number of aromatic nitrogens is 3. The van der Waals surface area contributed by atoms with Crippen molar-refractivity contribution in [3.8, 4) is 11.5 Å². The Morgan fingerprint density at radius 2 is 1.38 bits per heavy atom. The standard InChI is InChI=1S/C30H33N7O3/c38-24-14-11-20-9-3-4-10-22(20)26(24)27(40)32-23-13-12-21(19-25(23)39)31-28-33-29(36-15-5-1-6-16-36)35-30(34-28)37-17-7-2-8-18-37/h3-4,9-14,19,38-39H,1-2,5-8,15-18H2,(H,32,40)(H,31,33,34,35). The highest BCUT2D eigenvalue weighted by molar-refractivity contribution is 6.15. The van der Waals surface area contributed by atoms with Gasteiger partial charge >= 0.3 is 0 Å². The Morgan fingerprint density at radius 1 is 0.725 bits per heavy atom. The fourth-order valence-electron chi connectivity index (χ4n) is 5.41. The van der Waals surface area contributed by atoms with Gasteiger partial charge < -0.3 is 30.6 Å². The van der Waals surface area contributed by atoms with Crippen molar-refractivity contribution in [1.29, 1.82) is 0 Å². The molecule has 0 unspecified atom stereocenters. The third-order valence-electron chi connectivity index (χ3n) is 7.53. The number of nitrogens with one attached hydrogen (secondary N) is 2. The molecule has 0 spiro atoms. The number of piperidine rings is 2. The van der Waals surface area contributed by atoms with E-state index in [0.717, 1.165) is 57.2 Å². The van der Waals surface area contributed by atoms with Crippen LogP contribution in [0.4, 0.5) is 29.2 Å². The number of phenolic OH excluding ortho intramolecular Hbond substituents is 2. The third kappa shape index (κ3) is 5.42. The first-order valence-corrected chi connectivity index (χ1v) is 13.9. The van der Waals surface area contributed by atoms with Crippen molar-refractivity contribution >= 4 is 45.9 Å². The number of hydrogen-bond donors (Lipinski definition) is 4. The van der Waals surface area contributed by atoms with E-state index in [0.29, 0.717) is 28.9 Å². The summed E-state index contributed by atoms with van der Waals surface area (Å²) < 4.78 is 0. The van der Waals surface area contributed by atoms with E-state index in [-0.39, 0.29) is 22.7 Å². The smallest absolute Gasteiger partial charge is 0.260 e. The summed E-state index contributed by atoms with van der Waals surface area (Å²) in [6.45, 7) is 3.68. The minimum absolute atomic E-state index is 0.125. The van der Waals surface area contributed by atoms with E-state index < -0.39 is 5.91 Å². The zero-order chi connectivity index (χ0) is 27.5. The van der Waals surface area contributed by atoms with E-state index >= 15 is 0 Å². The van der Waals surface area contributed by atoms with Gasteiger partial charge in [-0.3, -0.25) is 4.79 Å². The molecule has 10 heteroatoms. The number of fused-ring (bicyclic) bond motifs is 1. The summed E-state index contributed by atoms with van der Waals surface area (Å²) in [5.74, 6) is 0.979. The topological polar surface area (TPSA) is 127 Å². The minimum Gasteiger partial charge on any atom is -0.507 e. The van der Waals surface area contributed by atoms with Crippen LogP contribution >= 0.6 is 0 Å². The van der Waals surface area contributed by atoms with Crippen molar-refractivity contribution in [2.45, 2.75) is 38.5 Å². The van der Waals surface area contributed by atoms with Gasteiger partial charge in [0, 0.05) is 37.9 Å². The summed E-state index contributed by atoms with van der Waals surface area (Å²) in [6.07, 6.45) is 6.90. The summed E-state index contributed by atoms with van der Waals surface area (Å²) in [4.78, 5) is 31.8. The van der Waals surface area contributed by atoms with Crippen LogP contribution in [0.3, 0.4) is 0 Å². The maximum absolute atomic E-state index is 13.1. The maximum Gasteiger partial charge on any atom is 0.260 e. The van der Waals surface area contributed by atoms with Crippen molar-refractivity contribution in [2.75, 3.05) is 46.6 Å². The molecule has 3 heterocycles. The highest BCUT2D eigenvalue weighted by atomic mass is 16.3. The summed E-state index contributed by atoms with van der Waals surface area (Å²) in [5.41, 5.74) is 0.950. The predicted octanol–water partition coefficient (Wildman–Crippen LogP) is 5.41. The van der Waals surface area contributed by atoms with Gasteiger partial charge in [0.05, 0.1) is 11.3 Å². The van der Waals surface area contributed by atoms with E-state index in [4.69, 9.17) is 15.0 Å². The lowest BCUT2D eigenvalue weighted by Gasteiger charge is -2.30. The Morgan fingerprint density at radius 3 is 2.02 bits per heavy atom. The molecule has 2 aliphatic rings. The molecule has 4 N–H and O–H groups in total. The predicted molar refractivity (Wildman–Crippen MR) is 157 cm³/mol. The fourth-order valence-corrected chi connectivity index (χ4v) is 5.41. The van der Waals surface area contributed by atoms with Gasteiger partial charge in [-0.05, 0) is 67.5 Å². The highest BCUT2D eigenvalue weighted by Crippen LogP contribution is 2.32. The highest BCUT2D eigenvalue weighted by Gasteiger charge is 2.21. The molecule has 40 heavy (non-hydrogen) atoms. The van der Waals surface area contributed by atoms with Crippen molar-refractivity contribution in [3.63, 3.8) is 0 Å². The second-order valence-electron chi connectivity index (χ2n) is 10.3. The third-order valence-corrected chi connectivity index (χ3v) is 7.53. The van der Waals surface area contributed by atoms with Gasteiger partial charge in [-0.1, -0.05) is 30.3 Å². The normalized spacial score (nSPS) is 15.7. The summed E-state index contributed by atoms with van der Waals surface area (Å²) >= 11 is 0. The molecule has 206 valence electrons. The van der Waals surface area contributed by atoms with E-state index in [1.807, 2.05) is 18.2 Å². The van der Waals surface area contributed by atoms with Gasteiger partial charge in [0.25, 0.3) is 5.91 Å². The van der Waals surface area contributed by atoms with Gasteiger partial charge in [-0.2, -0.15) is 15.0 Å².